The lowest BCUT2D eigenvalue weighted by molar-refractivity contribution is 0.456. The number of hydrogen-bond acceptors (Lipinski definition) is 3. The van der Waals surface area contributed by atoms with Gasteiger partial charge in [0.2, 0.25) is 0 Å². The fourth-order valence-corrected chi connectivity index (χ4v) is 2.00. The quantitative estimate of drug-likeness (QED) is 0.850. The third-order valence-electron chi connectivity index (χ3n) is 3.08. The summed E-state index contributed by atoms with van der Waals surface area (Å²) in [5.74, 6) is 0.334. The van der Waals surface area contributed by atoms with Crippen LogP contribution in [0.3, 0.4) is 0 Å². The predicted molar refractivity (Wildman–Crippen MR) is 71.3 cm³/mol. The molecular formula is C14H19N3O. The number of para-hydroxylation sites is 1. The fraction of sp³-hybridized carbons (Fsp3) is 0.357. The standard InChI is InChI=1S/C14H19N3O/c1-3-17-13(8-9-16-17)11(2)15-10-12-6-4-5-7-14(12)18/h4-9,11,15,18H,3,10H2,1-2H3. The zero-order valence-corrected chi connectivity index (χ0v) is 10.8. The number of nitrogens with one attached hydrogen (secondary N) is 1. The Morgan fingerprint density at radius 2 is 2.11 bits per heavy atom. The van der Waals surface area contributed by atoms with Gasteiger partial charge in [0, 0.05) is 30.9 Å². The average molecular weight is 245 g/mol. The van der Waals surface area contributed by atoms with Crippen LogP contribution < -0.4 is 5.32 Å². The predicted octanol–water partition coefficient (Wildman–Crippen LogP) is 2.46. The van der Waals surface area contributed by atoms with Crippen LogP contribution in [0.15, 0.2) is 36.5 Å². The number of phenols is 1. The summed E-state index contributed by atoms with van der Waals surface area (Å²) in [7, 11) is 0. The van der Waals surface area contributed by atoms with Gasteiger partial charge in [-0.25, -0.2) is 0 Å². The Morgan fingerprint density at radius 1 is 1.33 bits per heavy atom. The van der Waals surface area contributed by atoms with Crippen molar-refractivity contribution in [1.82, 2.24) is 15.1 Å². The summed E-state index contributed by atoms with van der Waals surface area (Å²) >= 11 is 0. The van der Waals surface area contributed by atoms with Gasteiger partial charge >= 0.3 is 0 Å². The Balaban J connectivity index is 2.01. The molecule has 1 unspecified atom stereocenters. The van der Waals surface area contributed by atoms with E-state index < -0.39 is 0 Å². The summed E-state index contributed by atoms with van der Waals surface area (Å²) in [4.78, 5) is 0. The number of benzene rings is 1. The normalized spacial score (nSPS) is 12.6. The van der Waals surface area contributed by atoms with E-state index in [2.05, 4.69) is 24.3 Å². The number of hydrogen-bond donors (Lipinski definition) is 2. The van der Waals surface area contributed by atoms with Crippen molar-refractivity contribution in [2.75, 3.05) is 0 Å². The van der Waals surface area contributed by atoms with Crippen molar-refractivity contribution in [2.45, 2.75) is 33.0 Å². The van der Waals surface area contributed by atoms with Crippen molar-refractivity contribution in [3.63, 3.8) is 0 Å². The molecule has 1 aromatic heterocycles. The van der Waals surface area contributed by atoms with Crippen molar-refractivity contribution < 1.29 is 5.11 Å². The number of rotatable bonds is 5. The Bertz CT molecular complexity index is 507. The van der Waals surface area contributed by atoms with E-state index in [0.717, 1.165) is 17.8 Å². The number of aromatic nitrogens is 2. The lowest BCUT2D eigenvalue weighted by Crippen LogP contribution is -2.21. The second-order valence-corrected chi connectivity index (χ2v) is 4.30. The molecule has 96 valence electrons. The van der Waals surface area contributed by atoms with Crippen molar-refractivity contribution in [3.05, 3.63) is 47.8 Å². The minimum Gasteiger partial charge on any atom is -0.508 e. The van der Waals surface area contributed by atoms with Crippen LogP contribution in [-0.4, -0.2) is 14.9 Å². The lowest BCUT2D eigenvalue weighted by atomic mass is 10.1. The van der Waals surface area contributed by atoms with E-state index in [4.69, 9.17) is 0 Å². The minimum absolute atomic E-state index is 0.201. The molecule has 0 spiro atoms. The van der Waals surface area contributed by atoms with Gasteiger partial charge in [-0.15, -0.1) is 0 Å². The van der Waals surface area contributed by atoms with Crippen molar-refractivity contribution in [2.24, 2.45) is 0 Å². The molecule has 2 aromatic rings. The smallest absolute Gasteiger partial charge is 0.120 e. The van der Waals surface area contributed by atoms with Crippen molar-refractivity contribution >= 4 is 0 Å². The molecule has 0 aliphatic rings. The second-order valence-electron chi connectivity index (χ2n) is 4.30. The molecule has 4 nitrogen and oxygen atoms in total. The van der Waals surface area contributed by atoms with E-state index >= 15 is 0 Å². The van der Waals surface area contributed by atoms with Gasteiger partial charge in [0.1, 0.15) is 5.75 Å². The summed E-state index contributed by atoms with van der Waals surface area (Å²) in [6.07, 6.45) is 1.82. The summed E-state index contributed by atoms with van der Waals surface area (Å²) in [6, 6.07) is 9.61. The highest BCUT2D eigenvalue weighted by Gasteiger charge is 2.10. The van der Waals surface area contributed by atoms with Crippen LogP contribution in [0.5, 0.6) is 5.75 Å². The zero-order valence-electron chi connectivity index (χ0n) is 10.8. The molecule has 2 rings (SSSR count). The highest BCUT2D eigenvalue weighted by molar-refractivity contribution is 5.31. The van der Waals surface area contributed by atoms with Crippen molar-refractivity contribution in [1.29, 1.82) is 0 Å². The molecule has 0 bridgehead atoms. The van der Waals surface area contributed by atoms with Crippen molar-refractivity contribution in [3.8, 4) is 5.75 Å². The molecule has 1 atom stereocenters. The van der Waals surface area contributed by atoms with E-state index in [0.29, 0.717) is 12.3 Å². The van der Waals surface area contributed by atoms with Crippen LogP contribution in [0.25, 0.3) is 0 Å². The summed E-state index contributed by atoms with van der Waals surface area (Å²) in [5, 5.41) is 17.3. The largest absolute Gasteiger partial charge is 0.508 e. The maximum Gasteiger partial charge on any atom is 0.120 e. The Kier molecular flexibility index (Phi) is 3.99. The Labute approximate surface area is 107 Å². The molecule has 4 heteroatoms. The molecule has 0 saturated carbocycles. The molecule has 0 fully saturated rings. The number of aryl methyl sites for hydroxylation is 1. The molecule has 0 aliphatic heterocycles. The van der Waals surface area contributed by atoms with Gasteiger partial charge in [-0.05, 0) is 26.0 Å². The van der Waals surface area contributed by atoms with Crippen LogP contribution in [0.2, 0.25) is 0 Å². The zero-order chi connectivity index (χ0) is 13.0. The highest BCUT2D eigenvalue weighted by Crippen LogP contribution is 2.17. The lowest BCUT2D eigenvalue weighted by Gasteiger charge is -2.15. The van der Waals surface area contributed by atoms with Gasteiger partial charge in [-0.3, -0.25) is 4.68 Å². The van der Waals surface area contributed by atoms with Gasteiger partial charge < -0.3 is 10.4 Å². The molecule has 18 heavy (non-hydrogen) atoms. The Morgan fingerprint density at radius 3 is 2.83 bits per heavy atom. The topological polar surface area (TPSA) is 50.1 Å². The van der Waals surface area contributed by atoms with E-state index in [9.17, 15) is 5.11 Å². The highest BCUT2D eigenvalue weighted by atomic mass is 16.3. The molecule has 0 radical (unpaired) electrons. The van der Waals surface area contributed by atoms with Gasteiger partial charge in [0.15, 0.2) is 0 Å². The molecule has 0 saturated heterocycles. The fourth-order valence-electron chi connectivity index (χ4n) is 2.00. The second kappa shape index (κ2) is 5.69. The van der Waals surface area contributed by atoms with E-state index in [1.54, 1.807) is 6.07 Å². The first-order valence-corrected chi connectivity index (χ1v) is 6.24. The van der Waals surface area contributed by atoms with Crippen LogP contribution in [0.1, 0.15) is 31.1 Å². The van der Waals surface area contributed by atoms with Crippen LogP contribution in [-0.2, 0) is 13.1 Å². The maximum absolute atomic E-state index is 9.70. The molecular weight excluding hydrogens is 226 g/mol. The average Bonchev–Trinajstić information content (AvgIpc) is 2.86. The molecule has 0 aliphatic carbocycles. The third-order valence-corrected chi connectivity index (χ3v) is 3.08. The van der Waals surface area contributed by atoms with Crippen LogP contribution >= 0.6 is 0 Å². The van der Waals surface area contributed by atoms with Gasteiger partial charge in [-0.1, -0.05) is 18.2 Å². The van der Waals surface area contributed by atoms with E-state index in [-0.39, 0.29) is 6.04 Å². The van der Waals surface area contributed by atoms with Gasteiger partial charge in [0.25, 0.3) is 0 Å². The number of phenolic OH excluding ortho intramolecular Hbond substituents is 1. The first kappa shape index (κ1) is 12.6. The third kappa shape index (κ3) is 2.71. The number of aromatic hydroxyl groups is 1. The molecule has 2 N–H and O–H groups in total. The van der Waals surface area contributed by atoms with E-state index in [1.165, 1.54) is 0 Å². The molecule has 0 amide bonds. The Hall–Kier alpha value is -1.81. The molecule has 1 aromatic carbocycles. The SMILES string of the molecule is CCn1nccc1C(C)NCc1ccccc1O. The first-order chi connectivity index (χ1) is 8.72. The van der Waals surface area contributed by atoms with Gasteiger partial charge in [0.05, 0.1) is 5.69 Å². The maximum atomic E-state index is 9.70. The summed E-state index contributed by atoms with van der Waals surface area (Å²) in [5.41, 5.74) is 2.07. The minimum atomic E-state index is 0.201. The summed E-state index contributed by atoms with van der Waals surface area (Å²) in [6.45, 7) is 5.68. The summed E-state index contributed by atoms with van der Waals surface area (Å²) < 4.78 is 1.97. The van der Waals surface area contributed by atoms with Gasteiger partial charge in [-0.2, -0.15) is 5.10 Å². The molecule has 1 heterocycles. The van der Waals surface area contributed by atoms with E-state index in [1.807, 2.05) is 35.1 Å². The first-order valence-electron chi connectivity index (χ1n) is 6.24. The van der Waals surface area contributed by atoms with Crippen LogP contribution in [0.4, 0.5) is 0 Å². The monoisotopic (exact) mass is 245 g/mol. The van der Waals surface area contributed by atoms with Crippen LogP contribution in [0, 0.1) is 0 Å². The number of nitrogens with zero attached hydrogens (tertiary/aromatic N) is 2.